The fraction of sp³-hybridized carbons (Fsp3) is 0.0625. The summed E-state index contributed by atoms with van der Waals surface area (Å²) in [6.07, 6.45) is 5.54. The van der Waals surface area contributed by atoms with E-state index in [0.29, 0.717) is 0 Å². The van der Waals surface area contributed by atoms with Gasteiger partial charge in [-0.2, -0.15) is 5.10 Å². The summed E-state index contributed by atoms with van der Waals surface area (Å²) in [6.45, 7) is 2.18. The standard InChI is InChI=1S/C32H26N2O2/c1-2-29(24-9-5-3-6-10-24)32(25-16-13-23(14-17-25)15-20-31(35)36)26-18-19-30-27(21-26)22-33-34(30)28-11-7-4-8-12-28/h3-22H,2H2,1H3,(H,35,36). The summed E-state index contributed by atoms with van der Waals surface area (Å²) in [5, 5.41) is 14.7. The van der Waals surface area contributed by atoms with E-state index in [4.69, 9.17) is 5.11 Å². The molecule has 0 aliphatic carbocycles. The molecule has 5 rings (SSSR count). The maximum Gasteiger partial charge on any atom is 0.328 e. The molecule has 0 aliphatic rings. The molecule has 0 radical (unpaired) electrons. The molecule has 0 amide bonds. The van der Waals surface area contributed by atoms with E-state index < -0.39 is 5.97 Å². The molecule has 4 heteroatoms. The highest BCUT2D eigenvalue weighted by Gasteiger charge is 2.15. The van der Waals surface area contributed by atoms with Gasteiger partial charge in [-0.1, -0.05) is 85.8 Å². The van der Waals surface area contributed by atoms with Gasteiger partial charge in [0.25, 0.3) is 0 Å². The molecule has 0 saturated carbocycles. The summed E-state index contributed by atoms with van der Waals surface area (Å²) in [5.74, 6) is -0.957. The molecule has 0 atom stereocenters. The molecule has 1 heterocycles. The van der Waals surface area contributed by atoms with Crippen molar-refractivity contribution in [2.24, 2.45) is 0 Å². The lowest BCUT2D eigenvalue weighted by atomic mass is 9.87. The Morgan fingerprint density at radius 1 is 0.833 bits per heavy atom. The van der Waals surface area contributed by atoms with E-state index in [1.54, 1.807) is 6.08 Å². The zero-order valence-electron chi connectivity index (χ0n) is 20.0. The van der Waals surface area contributed by atoms with Gasteiger partial charge in [0.2, 0.25) is 0 Å². The monoisotopic (exact) mass is 470 g/mol. The highest BCUT2D eigenvalue weighted by Crippen LogP contribution is 2.36. The number of hydrogen-bond donors (Lipinski definition) is 1. The molecular formula is C32H26N2O2. The number of carboxylic acid groups (broad SMARTS) is 1. The summed E-state index contributed by atoms with van der Waals surface area (Å²) >= 11 is 0. The van der Waals surface area contributed by atoms with Crippen molar-refractivity contribution in [3.8, 4) is 5.69 Å². The normalized spacial score (nSPS) is 12.1. The number of carboxylic acids is 1. The predicted octanol–water partition coefficient (Wildman–Crippen LogP) is 7.49. The van der Waals surface area contributed by atoms with Crippen molar-refractivity contribution < 1.29 is 9.90 Å². The number of nitrogens with zero attached hydrogens (tertiary/aromatic N) is 2. The van der Waals surface area contributed by atoms with E-state index in [-0.39, 0.29) is 0 Å². The van der Waals surface area contributed by atoms with E-state index in [2.05, 4.69) is 78.8 Å². The van der Waals surface area contributed by atoms with Crippen LogP contribution in [0.25, 0.3) is 33.8 Å². The molecule has 5 aromatic rings. The van der Waals surface area contributed by atoms with Gasteiger partial charge in [0, 0.05) is 11.5 Å². The fourth-order valence-electron chi connectivity index (χ4n) is 4.57. The van der Waals surface area contributed by atoms with Gasteiger partial charge >= 0.3 is 5.97 Å². The predicted molar refractivity (Wildman–Crippen MR) is 147 cm³/mol. The third-order valence-corrected chi connectivity index (χ3v) is 6.25. The first-order valence-corrected chi connectivity index (χ1v) is 12.0. The highest BCUT2D eigenvalue weighted by molar-refractivity contribution is 6.00. The lowest BCUT2D eigenvalue weighted by Gasteiger charge is -2.17. The van der Waals surface area contributed by atoms with Crippen LogP contribution in [0.15, 0.2) is 115 Å². The molecule has 0 aliphatic heterocycles. The van der Waals surface area contributed by atoms with E-state index in [9.17, 15) is 4.79 Å². The van der Waals surface area contributed by atoms with Crippen molar-refractivity contribution in [3.05, 3.63) is 138 Å². The summed E-state index contributed by atoms with van der Waals surface area (Å²) in [7, 11) is 0. The van der Waals surface area contributed by atoms with Crippen molar-refractivity contribution >= 4 is 34.1 Å². The van der Waals surface area contributed by atoms with Gasteiger partial charge in [-0.05, 0) is 70.2 Å². The highest BCUT2D eigenvalue weighted by atomic mass is 16.4. The third-order valence-electron chi connectivity index (χ3n) is 6.25. The summed E-state index contributed by atoms with van der Waals surface area (Å²) in [5.41, 5.74) is 8.72. The zero-order chi connectivity index (χ0) is 24.9. The van der Waals surface area contributed by atoms with Gasteiger partial charge in [0.1, 0.15) is 0 Å². The minimum absolute atomic E-state index is 0.845. The number of carbonyl (C=O) groups is 1. The average molecular weight is 471 g/mol. The molecule has 0 spiro atoms. The Hall–Kier alpha value is -4.70. The Bertz CT molecular complexity index is 1560. The Morgan fingerprint density at radius 3 is 2.17 bits per heavy atom. The average Bonchev–Trinajstić information content (AvgIpc) is 3.35. The van der Waals surface area contributed by atoms with Crippen molar-refractivity contribution in [3.63, 3.8) is 0 Å². The van der Waals surface area contributed by atoms with Crippen molar-refractivity contribution in [2.45, 2.75) is 13.3 Å². The number of allylic oxidation sites excluding steroid dienone is 1. The molecule has 1 aromatic heterocycles. The van der Waals surface area contributed by atoms with Gasteiger partial charge in [0.05, 0.1) is 17.4 Å². The molecule has 0 bridgehead atoms. The number of aliphatic carboxylic acids is 1. The van der Waals surface area contributed by atoms with E-state index in [1.807, 2.05) is 47.3 Å². The molecule has 4 aromatic carbocycles. The Balaban J connectivity index is 1.66. The van der Waals surface area contributed by atoms with E-state index >= 15 is 0 Å². The first-order valence-electron chi connectivity index (χ1n) is 12.0. The molecule has 0 unspecified atom stereocenters. The summed E-state index contributed by atoms with van der Waals surface area (Å²) in [4.78, 5) is 10.9. The molecular weight excluding hydrogens is 444 g/mol. The molecule has 0 fully saturated rings. The van der Waals surface area contributed by atoms with Gasteiger partial charge in [-0.15, -0.1) is 0 Å². The van der Waals surface area contributed by atoms with E-state index in [1.165, 1.54) is 11.1 Å². The van der Waals surface area contributed by atoms with Crippen LogP contribution in [0.3, 0.4) is 0 Å². The molecule has 4 nitrogen and oxygen atoms in total. The minimum Gasteiger partial charge on any atom is -0.478 e. The van der Waals surface area contributed by atoms with Gasteiger partial charge < -0.3 is 5.11 Å². The Morgan fingerprint density at radius 2 is 1.50 bits per heavy atom. The number of aromatic nitrogens is 2. The number of fused-ring (bicyclic) bond motifs is 1. The fourth-order valence-corrected chi connectivity index (χ4v) is 4.57. The van der Waals surface area contributed by atoms with Crippen LogP contribution in [0.4, 0.5) is 0 Å². The van der Waals surface area contributed by atoms with Crippen LogP contribution in [-0.4, -0.2) is 20.9 Å². The minimum atomic E-state index is -0.957. The third kappa shape index (κ3) is 4.75. The topological polar surface area (TPSA) is 55.1 Å². The second kappa shape index (κ2) is 10.3. The number of benzene rings is 4. The van der Waals surface area contributed by atoms with Crippen LogP contribution in [-0.2, 0) is 4.79 Å². The summed E-state index contributed by atoms with van der Waals surface area (Å²) < 4.78 is 1.96. The largest absolute Gasteiger partial charge is 0.478 e. The lowest BCUT2D eigenvalue weighted by molar-refractivity contribution is -0.131. The van der Waals surface area contributed by atoms with Crippen molar-refractivity contribution in [2.75, 3.05) is 0 Å². The molecule has 1 N–H and O–H groups in total. The maximum atomic E-state index is 10.9. The van der Waals surface area contributed by atoms with Crippen LogP contribution in [0, 0.1) is 0 Å². The van der Waals surface area contributed by atoms with Gasteiger partial charge in [-0.3, -0.25) is 0 Å². The van der Waals surface area contributed by atoms with Crippen molar-refractivity contribution in [1.82, 2.24) is 9.78 Å². The molecule has 0 saturated heterocycles. The smallest absolute Gasteiger partial charge is 0.328 e. The first-order chi connectivity index (χ1) is 17.6. The van der Waals surface area contributed by atoms with E-state index in [0.717, 1.165) is 51.4 Å². The van der Waals surface area contributed by atoms with Crippen LogP contribution in [0.5, 0.6) is 0 Å². The van der Waals surface area contributed by atoms with Crippen LogP contribution in [0.2, 0.25) is 0 Å². The Labute approximate surface area is 210 Å². The Kier molecular flexibility index (Phi) is 6.59. The van der Waals surface area contributed by atoms with Crippen molar-refractivity contribution in [1.29, 1.82) is 0 Å². The van der Waals surface area contributed by atoms with Crippen LogP contribution in [0.1, 0.15) is 35.6 Å². The number of hydrogen-bond acceptors (Lipinski definition) is 2. The molecule has 176 valence electrons. The van der Waals surface area contributed by atoms with Gasteiger partial charge in [-0.25, -0.2) is 9.48 Å². The number of rotatable bonds is 7. The lowest BCUT2D eigenvalue weighted by Crippen LogP contribution is -1.97. The van der Waals surface area contributed by atoms with Crippen LogP contribution < -0.4 is 0 Å². The van der Waals surface area contributed by atoms with Crippen LogP contribution >= 0.6 is 0 Å². The second-order valence-electron chi connectivity index (χ2n) is 8.53. The summed E-state index contributed by atoms with van der Waals surface area (Å²) in [6, 6.07) is 35.1. The number of para-hydroxylation sites is 1. The second-order valence-corrected chi connectivity index (χ2v) is 8.53. The molecule has 36 heavy (non-hydrogen) atoms. The quantitative estimate of drug-likeness (QED) is 0.198. The maximum absolute atomic E-state index is 10.9. The first kappa shape index (κ1) is 23.1. The zero-order valence-corrected chi connectivity index (χ0v) is 20.0. The SMILES string of the molecule is CCC(=C(c1ccc(C=CC(=O)O)cc1)c1ccc2c(cnn2-c2ccccc2)c1)c1ccccc1. The van der Waals surface area contributed by atoms with Gasteiger partial charge in [0.15, 0.2) is 0 Å².